The zero-order valence-corrected chi connectivity index (χ0v) is 11.2. The molecule has 0 saturated carbocycles. The van der Waals surface area contributed by atoms with E-state index >= 15 is 0 Å². The Morgan fingerprint density at radius 3 is 2.81 bits per heavy atom. The van der Waals surface area contributed by atoms with Crippen molar-refractivity contribution in [1.82, 2.24) is 4.98 Å². The highest BCUT2D eigenvalue weighted by Gasteiger charge is 2.13. The van der Waals surface area contributed by atoms with E-state index in [1.807, 2.05) is 6.07 Å². The number of hydrogen-bond acceptors (Lipinski definition) is 3. The molecule has 1 aromatic heterocycles. The van der Waals surface area contributed by atoms with Gasteiger partial charge in [0.25, 0.3) is 0 Å². The summed E-state index contributed by atoms with van der Waals surface area (Å²) < 4.78 is 0.965. The van der Waals surface area contributed by atoms with Crippen molar-refractivity contribution in [3.8, 4) is 0 Å². The fourth-order valence-electron chi connectivity index (χ4n) is 1.50. The number of hydrogen-bond donors (Lipinski definition) is 2. The molecule has 88 valence electrons. The first kappa shape index (κ1) is 13.0. The predicted octanol–water partition coefficient (Wildman–Crippen LogP) is 2.38. The van der Waals surface area contributed by atoms with Gasteiger partial charge in [0.2, 0.25) is 0 Å². The zero-order chi connectivity index (χ0) is 12.1. The fourth-order valence-corrected chi connectivity index (χ4v) is 1.98. The number of amidine groups is 1. The molecule has 3 N–H and O–H groups in total. The average Bonchev–Trinajstić information content (AvgIpc) is 2.20. The molecule has 4 nitrogen and oxygen atoms in total. The van der Waals surface area contributed by atoms with Gasteiger partial charge in [0.15, 0.2) is 0 Å². The molecule has 0 amide bonds. The first-order chi connectivity index (χ1) is 7.52. The number of rotatable bonds is 5. The lowest BCUT2D eigenvalue weighted by atomic mass is 10.2. The summed E-state index contributed by atoms with van der Waals surface area (Å²) in [6.45, 7) is 4.98. The zero-order valence-electron chi connectivity index (χ0n) is 9.57. The summed E-state index contributed by atoms with van der Waals surface area (Å²) in [6.07, 6.45) is 4.12. The van der Waals surface area contributed by atoms with Crippen LogP contribution < -0.4 is 10.6 Å². The number of nitrogens with two attached hydrogens (primary N) is 1. The minimum Gasteiger partial charge on any atom is -0.388 e. The molecule has 0 fully saturated rings. The van der Waals surface area contributed by atoms with Gasteiger partial charge >= 0.3 is 0 Å². The Balaban J connectivity index is 2.85. The van der Waals surface area contributed by atoms with Crippen molar-refractivity contribution < 1.29 is 0 Å². The maximum Gasteiger partial charge on any atom is 0.0923 e. The third-order valence-corrected chi connectivity index (χ3v) is 2.92. The third kappa shape index (κ3) is 3.48. The van der Waals surface area contributed by atoms with Gasteiger partial charge in [-0.2, -0.15) is 0 Å². The Labute approximate surface area is 104 Å². The maximum absolute atomic E-state index is 7.27. The first-order valence-electron chi connectivity index (χ1n) is 5.21. The van der Waals surface area contributed by atoms with Crippen molar-refractivity contribution in [2.75, 3.05) is 11.4 Å². The molecule has 0 aromatic carbocycles. The van der Waals surface area contributed by atoms with Gasteiger partial charge in [0.1, 0.15) is 0 Å². The number of nitrogens with zero attached hydrogens (tertiary/aromatic N) is 2. The molecule has 5 heteroatoms. The summed E-state index contributed by atoms with van der Waals surface area (Å²) in [5.74, 6) is 0.218. The summed E-state index contributed by atoms with van der Waals surface area (Å²) in [7, 11) is 0. The van der Waals surface area contributed by atoms with Crippen LogP contribution in [0.2, 0.25) is 0 Å². The van der Waals surface area contributed by atoms with E-state index in [0.29, 0.717) is 12.5 Å². The summed E-state index contributed by atoms with van der Waals surface area (Å²) in [5.41, 5.74) is 6.48. The number of nitrogens with one attached hydrogen (secondary N) is 1. The predicted molar refractivity (Wildman–Crippen MR) is 71.0 cm³/mol. The molecule has 1 rings (SSSR count). The maximum atomic E-state index is 7.27. The monoisotopic (exact) mass is 284 g/mol. The Morgan fingerprint density at radius 2 is 2.31 bits per heavy atom. The lowest BCUT2D eigenvalue weighted by Crippen LogP contribution is -2.34. The molecule has 1 aromatic rings. The molecule has 0 spiro atoms. The molecule has 0 saturated heterocycles. The van der Waals surface area contributed by atoms with E-state index in [-0.39, 0.29) is 5.84 Å². The van der Waals surface area contributed by atoms with Crippen LogP contribution in [0, 0.1) is 5.41 Å². The van der Waals surface area contributed by atoms with Gasteiger partial charge in [-0.15, -0.1) is 0 Å². The molecule has 0 aliphatic rings. The normalized spacial score (nSPS) is 10.5. The summed E-state index contributed by atoms with van der Waals surface area (Å²) >= 11 is 3.48. The first-order valence-corrected chi connectivity index (χ1v) is 6.00. The molecule has 16 heavy (non-hydrogen) atoms. The standard InChI is InChI=1S/C11H17BrN4/c1-8(2)16(6-4-11(13)14)10-3-5-15-7-9(10)12/h3,5,7-8H,4,6H2,1-2H3,(H3,13,14). The topological polar surface area (TPSA) is 66.0 Å². The lowest BCUT2D eigenvalue weighted by Gasteiger charge is -2.29. The van der Waals surface area contributed by atoms with Crippen molar-refractivity contribution in [3.63, 3.8) is 0 Å². The minimum atomic E-state index is 0.218. The Bertz CT molecular complexity index is 365. The van der Waals surface area contributed by atoms with E-state index in [4.69, 9.17) is 11.1 Å². The van der Waals surface area contributed by atoms with Gasteiger partial charge in [-0.3, -0.25) is 10.4 Å². The molecule has 1 heterocycles. The van der Waals surface area contributed by atoms with E-state index in [1.54, 1.807) is 12.4 Å². The van der Waals surface area contributed by atoms with Crippen LogP contribution in [-0.2, 0) is 0 Å². The van der Waals surface area contributed by atoms with Gasteiger partial charge < -0.3 is 10.6 Å². The molecule has 0 bridgehead atoms. The van der Waals surface area contributed by atoms with Crippen LogP contribution in [0.1, 0.15) is 20.3 Å². The molecule has 0 atom stereocenters. The Kier molecular flexibility index (Phi) is 4.73. The van der Waals surface area contributed by atoms with Crippen molar-refractivity contribution >= 4 is 27.5 Å². The molecule has 0 unspecified atom stereocenters. The van der Waals surface area contributed by atoms with Crippen molar-refractivity contribution in [3.05, 3.63) is 22.9 Å². The van der Waals surface area contributed by atoms with Crippen LogP contribution in [0.3, 0.4) is 0 Å². The second-order valence-corrected chi connectivity index (χ2v) is 4.74. The van der Waals surface area contributed by atoms with Crippen LogP contribution in [0.25, 0.3) is 0 Å². The number of halogens is 1. The van der Waals surface area contributed by atoms with Crippen molar-refractivity contribution in [1.29, 1.82) is 5.41 Å². The van der Waals surface area contributed by atoms with E-state index in [9.17, 15) is 0 Å². The number of anilines is 1. The number of aromatic nitrogens is 1. The second kappa shape index (κ2) is 5.84. The van der Waals surface area contributed by atoms with Crippen LogP contribution in [0.15, 0.2) is 22.9 Å². The third-order valence-electron chi connectivity index (χ3n) is 2.31. The van der Waals surface area contributed by atoms with Crippen LogP contribution in [-0.4, -0.2) is 23.4 Å². The van der Waals surface area contributed by atoms with E-state index < -0.39 is 0 Å². The lowest BCUT2D eigenvalue weighted by molar-refractivity contribution is 0.687. The minimum absolute atomic E-state index is 0.218. The fraction of sp³-hybridized carbons (Fsp3) is 0.455. The van der Waals surface area contributed by atoms with Gasteiger partial charge in [-0.1, -0.05) is 0 Å². The average molecular weight is 285 g/mol. The SMILES string of the molecule is CC(C)N(CCC(=N)N)c1ccncc1Br. The molecule has 0 radical (unpaired) electrons. The smallest absolute Gasteiger partial charge is 0.0923 e. The van der Waals surface area contributed by atoms with Crippen molar-refractivity contribution in [2.24, 2.45) is 5.73 Å². The molecule has 0 aliphatic carbocycles. The van der Waals surface area contributed by atoms with Crippen LogP contribution in [0.4, 0.5) is 5.69 Å². The molecule has 0 aliphatic heterocycles. The highest BCUT2D eigenvalue weighted by molar-refractivity contribution is 9.10. The molecular weight excluding hydrogens is 268 g/mol. The van der Waals surface area contributed by atoms with Crippen molar-refractivity contribution in [2.45, 2.75) is 26.3 Å². The van der Waals surface area contributed by atoms with Crippen LogP contribution >= 0.6 is 15.9 Å². The summed E-state index contributed by atoms with van der Waals surface area (Å²) in [4.78, 5) is 6.24. The molecular formula is C11H17BrN4. The quantitative estimate of drug-likeness (QED) is 0.645. The van der Waals surface area contributed by atoms with E-state index in [2.05, 4.69) is 39.7 Å². The number of pyridine rings is 1. The summed E-state index contributed by atoms with van der Waals surface area (Å²) in [6, 6.07) is 2.32. The van der Waals surface area contributed by atoms with E-state index in [0.717, 1.165) is 16.7 Å². The van der Waals surface area contributed by atoms with Gasteiger partial charge in [-0.05, 0) is 35.8 Å². The highest BCUT2D eigenvalue weighted by Crippen LogP contribution is 2.26. The van der Waals surface area contributed by atoms with Crippen LogP contribution in [0.5, 0.6) is 0 Å². The van der Waals surface area contributed by atoms with E-state index in [1.165, 1.54) is 0 Å². The Hall–Kier alpha value is -1.10. The van der Waals surface area contributed by atoms with Gasteiger partial charge in [-0.25, -0.2) is 0 Å². The highest BCUT2D eigenvalue weighted by atomic mass is 79.9. The van der Waals surface area contributed by atoms with Gasteiger partial charge in [0, 0.05) is 31.4 Å². The largest absolute Gasteiger partial charge is 0.388 e. The van der Waals surface area contributed by atoms with Gasteiger partial charge in [0.05, 0.1) is 16.0 Å². The summed E-state index contributed by atoms with van der Waals surface area (Å²) in [5, 5.41) is 7.27. The Morgan fingerprint density at radius 1 is 1.62 bits per heavy atom. The second-order valence-electron chi connectivity index (χ2n) is 3.89.